The zero-order valence-electron chi connectivity index (χ0n) is 10.9. The van der Waals surface area contributed by atoms with Crippen molar-refractivity contribution >= 4 is 11.3 Å². The Labute approximate surface area is 107 Å². The van der Waals surface area contributed by atoms with Crippen molar-refractivity contribution in [2.75, 3.05) is 27.2 Å². The quantitative estimate of drug-likeness (QED) is 0.879. The number of aromatic nitrogens is 1. The Morgan fingerprint density at radius 2 is 2.41 bits per heavy atom. The van der Waals surface area contributed by atoms with Crippen molar-refractivity contribution in [3.8, 4) is 0 Å². The molecule has 2 unspecified atom stereocenters. The van der Waals surface area contributed by atoms with Gasteiger partial charge in [-0.2, -0.15) is 0 Å². The SMILES string of the molecule is CC(N)c1nc(CN2CCC(N(C)C)C2)cs1. The molecule has 2 atom stereocenters. The topological polar surface area (TPSA) is 45.4 Å². The van der Waals surface area contributed by atoms with Crippen molar-refractivity contribution in [1.82, 2.24) is 14.8 Å². The predicted octanol–water partition coefficient (Wildman–Crippen LogP) is 1.30. The van der Waals surface area contributed by atoms with Crippen LogP contribution in [0.4, 0.5) is 0 Å². The largest absolute Gasteiger partial charge is 0.322 e. The molecule has 0 amide bonds. The Kier molecular flexibility index (Phi) is 4.14. The molecule has 17 heavy (non-hydrogen) atoms. The Morgan fingerprint density at radius 1 is 1.65 bits per heavy atom. The molecule has 1 saturated heterocycles. The molecule has 0 bridgehead atoms. The first-order valence-electron chi connectivity index (χ1n) is 6.15. The van der Waals surface area contributed by atoms with Gasteiger partial charge < -0.3 is 10.6 Å². The van der Waals surface area contributed by atoms with E-state index in [9.17, 15) is 0 Å². The van der Waals surface area contributed by atoms with E-state index < -0.39 is 0 Å². The fourth-order valence-corrected chi connectivity index (χ4v) is 2.98. The molecule has 5 heteroatoms. The molecule has 2 heterocycles. The molecule has 0 aromatic carbocycles. The lowest BCUT2D eigenvalue weighted by Crippen LogP contribution is -2.31. The minimum absolute atomic E-state index is 0.0573. The maximum atomic E-state index is 5.82. The van der Waals surface area contributed by atoms with Crippen LogP contribution in [0.1, 0.15) is 30.1 Å². The summed E-state index contributed by atoms with van der Waals surface area (Å²) in [5.41, 5.74) is 6.99. The van der Waals surface area contributed by atoms with Crippen LogP contribution in [0.3, 0.4) is 0 Å². The van der Waals surface area contributed by atoms with Gasteiger partial charge in [-0.15, -0.1) is 11.3 Å². The summed E-state index contributed by atoms with van der Waals surface area (Å²) in [4.78, 5) is 9.37. The normalized spacial score (nSPS) is 23.5. The average Bonchev–Trinajstić information content (AvgIpc) is 2.87. The van der Waals surface area contributed by atoms with E-state index in [0.29, 0.717) is 6.04 Å². The minimum atomic E-state index is 0.0573. The number of rotatable bonds is 4. The number of nitrogens with two attached hydrogens (primary N) is 1. The third-order valence-corrected chi connectivity index (χ3v) is 4.42. The van der Waals surface area contributed by atoms with Gasteiger partial charge in [0.1, 0.15) is 5.01 Å². The Bertz CT molecular complexity index is 361. The third-order valence-electron chi connectivity index (χ3n) is 3.32. The van der Waals surface area contributed by atoms with Crippen molar-refractivity contribution in [3.63, 3.8) is 0 Å². The van der Waals surface area contributed by atoms with Crippen LogP contribution in [0.2, 0.25) is 0 Å². The summed E-state index contributed by atoms with van der Waals surface area (Å²) < 4.78 is 0. The third kappa shape index (κ3) is 3.25. The van der Waals surface area contributed by atoms with Gasteiger partial charge in [-0.3, -0.25) is 4.90 Å². The molecular weight excluding hydrogens is 232 g/mol. The first-order valence-corrected chi connectivity index (χ1v) is 7.03. The Morgan fingerprint density at radius 3 is 2.94 bits per heavy atom. The summed E-state index contributed by atoms with van der Waals surface area (Å²) in [6.07, 6.45) is 1.26. The molecule has 4 nitrogen and oxygen atoms in total. The van der Waals surface area contributed by atoms with Crippen LogP contribution < -0.4 is 5.73 Å². The van der Waals surface area contributed by atoms with Crippen molar-refractivity contribution in [3.05, 3.63) is 16.1 Å². The van der Waals surface area contributed by atoms with Crippen LogP contribution in [0.25, 0.3) is 0 Å². The van der Waals surface area contributed by atoms with Crippen LogP contribution in [-0.2, 0) is 6.54 Å². The van der Waals surface area contributed by atoms with E-state index in [1.807, 2.05) is 6.92 Å². The maximum Gasteiger partial charge on any atom is 0.109 e. The summed E-state index contributed by atoms with van der Waals surface area (Å²) in [6.45, 7) is 5.28. The van der Waals surface area contributed by atoms with Crippen LogP contribution in [-0.4, -0.2) is 48.0 Å². The van der Waals surface area contributed by atoms with E-state index in [1.165, 1.54) is 18.7 Å². The van der Waals surface area contributed by atoms with E-state index in [-0.39, 0.29) is 6.04 Å². The lowest BCUT2D eigenvalue weighted by atomic mass is 10.2. The van der Waals surface area contributed by atoms with Crippen LogP contribution >= 0.6 is 11.3 Å². The highest BCUT2D eigenvalue weighted by Gasteiger charge is 2.24. The highest BCUT2D eigenvalue weighted by Crippen LogP contribution is 2.20. The smallest absolute Gasteiger partial charge is 0.109 e. The number of likely N-dealkylation sites (tertiary alicyclic amines) is 1. The van der Waals surface area contributed by atoms with Gasteiger partial charge in [-0.1, -0.05) is 0 Å². The van der Waals surface area contributed by atoms with Crippen molar-refractivity contribution in [2.24, 2.45) is 5.73 Å². The van der Waals surface area contributed by atoms with Gasteiger partial charge >= 0.3 is 0 Å². The Hall–Kier alpha value is -0.490. The molecule has 1 aromatic heterocycles. The van der Waals surface area contributed by atoms with Gasteiger partial charge in [-0.05, 0) is 27.4 Å². The molecule has 96 valence electrons. The standard InChI is InChI=1S/C12H22N4S/c1-9(13)12-14-10(8-17-12)6-16-5-4-11(7-16)15(2)3/h8-9,11H,4-7,13H2,1-3H3. The zero-order chi connectivity index (χ0) is 12.4. The van der Waals surface area contributed by atoms with E-state index in [1.54, 1.807) is 11.3 Å². The molecule has 2 N–H and O–H groups in total. The van der Waals surface area contributed by atoms with E-state index in [0.717, 1.165) is 18.1 Å². The summed E-state index contributed by atoms with van der Waals surface area (Å²) in [5.74, 6) is 0. The number of hydrogen-bond donors (Lipinski definition) is 1. The molecule has 1 aromatic rings. The summed E-state index contributed by atoms with van der Waals surface area (Å²) in [6, 6.07) is 0.753. The second kappa shape index (κ2) is 5.44. The van der Waals surface area contributed by atoms with Gasteiger partial charge in [0.15, 0.2) is 0 Å². The maximum absolute atomic E-state index is 5.82. The summed E-state index contributed by atoms with van der Waals surface area (Å²) >= 11 is 1.67. The van der Waals surface area contributed by atoms with Gasteiger partial charge in [-0.25, -0.2) is 4.98 Å². The van der Waals surface area contributed by atoms with Crippen LogP contribution in [0.5, 0.6) is 0 Å². The zero-order valence-corrected chi connectivity index (χ0v) is 11.7. The van der Waals surface area contributed by atoms with Gasteiger partial charge in [0.25, 0.3) is 0 Å². The highest BCUT2D eigenvalue weighted by atomic mass is 32.1. The number of nitrogens with zero attached hydrogens (tertiary/aromatic N) is 3. The molecule has 0 saturated carbocycles. The Balaban J connectivity index is 1.89. The fraction of sp³-hybridized carbons (Fsp3) is 0.750. The van der Waals surface area contributed by atoms with Crippen molar-refractivity contribution < 1.29 is 0 Å². The lowest BCUT2D eigenvalue weighted by molar-refractivity contribution is 0.263. The van der Waals surface area contributed by atoms with Crippen LogP contribution in [0, 0.1) is 0 Å². The van der Waals surface area contributed by atoms with E-state index >= 15 is 0 Å². The van der Waals surface area contributed by atoms with Crippen molar-refractivity contribution in [2.45, 2.75) is 32.0 Å². The molecule has 0 aliphatic carbocycles. The second-order valence-electron chi connectivity index (χ2n) is 5.11. The highest BCUT2D eigenvalue weighted by molar-refractivity contribution is 7.09. The van der Waals surface area contributed by atoms with Crippen LogP contribution in [0.15, 0.2) is 5.38 Å². The molecule has 0 spiro atoms. The molecule has 1 aliphatic heterocycles. The average molecular weight is 254 g/mol. The molecule has 1 aliphatic rings. The predicted molar refractivity (Wildman–Crippen MR) is 72.1 cm³/mol. The number of thiazole rings is 1. The number of hydrogen-bond acceptors (Lipinski definition) is 5. The second-order valence-corrected chi connectivity index (χ2v) is 6.00. The first kappa shape index (κ1) is 13.0. The fourth-order valence-electron chi connectivity index (χ4n) is 2.21. The monoisotopic (exact) mass is 254 g/mol. The van der Waals surface area contributed by atoms with Gasteiger partial charge in [0, 0.05) is 31.1 Å². The van der Waals surface area contributed by atoms with E-state index in [4.69, 9.17) is 5.73 Å². The molecule has 1 fully saturated rings. The summed E-state index contributed by atoms with van der Waals surface area (Å²) in [5, 5.41) is 3.19. The minimum Gasteiger partial charge on any atom is -0.322 e. The lowest BCUT2D eigenvalue weighted by Gasteiger charge is -2.19. The molecule has 2 rings (SSSR count). The van der Waals surface area contributed by atoms with E-state index in [2.05, 4.69) is 34.3 Å². The van der Waals surface area contributed by atoms with Gasteiger partial charge in [0.05, 0.1) is 11.7 Å². The first-order chi connectivity index (χ1) is 8.06. The number of likely N-dealkylation sites (N-methyl/N-ethyl adjacent to an activating group) is 1. The molecular formula is C12H22N4S. The summed E-state index contributed by atoms with van der Waals surface area (Å²) in [7, 11) is 4.32. The van der Waals surface area contributed by atoms with Crippen molar-refractivity contribution in [1.29, 1.82) is 0 Å². The molecule has 0 radical (unpaired) electrons. The van der Waals surface area contributed by atoms with Gasteiger partial charge in [0.2, 0.25) is 0 Å².